The van der Waals surface area contributed by atoms with Crippen molar-refractivity contribution in [3.63, 3.8) is 0 Å². The summed E-state index contributed by atoms with van der Waals surface area (Å²) < 4.78 is 25.5. The number of nitrogens with zero attached hydrogens (tertiary/aromatic N) is 2. The van der Waals surface area contributed by atoms with E-state index in [2.05, 4.69) is 0 Å². The molecule has 0 saturated carbocycles. The highest BCUT2D eigenvalue weighted by atomic mass is 19.1. The maximum Gasteiger partial charge on any atom is 0.269 e. The van der Waals surface area contributed by atoms with E-state index in [1.165, 1.54) is 18.2 Å². The molecule has 3 aromatic rings. The van der Waals surface area contributed by atoms with Gasteiger partial charge in [-0.1, -0.05) is 36.4 Å². The second-order valence-electron chi connectivity index (χ2n) is 6.50. The van der Waals surface area contributed by atoms with Gasteiger partial charge in [0.25, 0.3) is 5.69 Å². The Bertz CT molecular complexity index is 1170. The van der Waals surface area contributed by atoms with Crippen molar-refractivity contribution in [3.8, 4) is 17.6 Å². The number of benzene rings is 3. The van der Waals surface area contributed by atoms with E-state index in [9.17, 15) is 19.8 Å². The zero-order valence-corrected chi connectivity index (χ0v) is 16.7. The fourth-order valence-electron chi connectivity index (χ4n) is 2.94. The van der Waals surface area contributed by atoms with E-state index in [0.29, 0.717) is 29.2 Å². The predicted octanol–water partition coefficient (Wildman–Crippen LogP) is 5.78. The first kappa shape index (κ1) is 21.5. The van der Waals surface area contributed by atoms with Gasteiger partial charge >= 0.3 is 0 Å². The summed E-state index contributed by atoms with van der Waals surface area (Å²) in [7, 11) is 0. The van der Waals surface area contributed by atoms with Crippen LogP contribution in [0.1, 0.15) is 23.6 Å². The molecule has 0 heterocycles. The molecule has 0 aromatic heterocycles. The molecule has 31 heavy (non-hydrogen) atoms. The quantitative estimate of drug-likeness (QED) is 0.200. The Morgan fingerprint density at radius 3 is 2.61 bits per heavy atom. The average Bonchev–Trinajstić information content (AvgIpc) is 2.78. The summed E-state index contributed by atoms with van der Waals surface area (Å²) in [6.45, 7) is 2.33. The van der Waals surface area contributed by atoms with Crippen LogP contribution < -0.4 is 9.47 Å². The lowest BCUT2D eigenvalue weighted by molar-refractivity contribution is -0.384. The van der Waals surface area contributed by atoms with Crippen molar-refractivity contribution in [1.29, 1.82) is 5.26 Å². The Labute approximate surface area is 178 Å². The van der Waals surface area contributed by atoms with Crippen LogP contribution in [0.3, 0.4) is 0 Å². The van der Waals surface area contributed by atoms with E-state index < -0.39 is 10.7 Å². The van der Waals surface area contributed by atoms with Gasteiger partial charge in [-0.2, -0.15) is 5.26 Å². The minimum absolute atomic E-state index is 0.0104. The summed E-state index contributed by atoms with van der Waals surface area (Å²) in [4.78, 5) is 10.5. The number of halogens is 1. The second-order valence-corrected chi connectivity index (χ2v) is 6.50. The zero-order valence-electron chi connectivity index (χ0n) is 16.7. The summed E-state index contributed by atoms with van der Waals surface area (Å²) in [5.41, 5.74) is 1.68. The van der Waals surface area contributed by atoms with Crippen LogP contribution in [-0.2, 0) is 6.61 Å². The Hall–Kier alpha value is -4.18. The second kappa shape index (κ2) is 10.0. The van der Waals surface area contributed by atoms with Crippen LogP contribution in [0, 0.1) is 27.3 Å². The molecule has 0 aliphatic rings. The predicted molar refractivity (Wildman–Crippen MR) is 115 cm³/mol. The van der Waals surface area contributed by atoms with Gasteiger partial charge in [0.05, 0.1) is 23.2 Å². The average molecular weight is 418 g/mol. The van der Waals surface area contributed by atoms with Gasteiger partial charge in [0.15, 0.2) is 11.5 Å². The van der Waals surface area contributed by atoms with Crippen molar-refractivity contribution < 1.29 is 18.8 Å². The monoisotopic (exact) mass is 418 g/mol. The van der Waals surface area contributed by atoms with Gasteiger partial charge in [-0.15, -0.1) is 0 Å². The fourth-order valence-corrected chi connectivity index (χ4v) is 2.94. The van der Waals surface area contributed by atoms with Crippen LogP contribution >= 0.6 is 0 Å². The van der Waals surface area contributed by atoms with Gasteiger partial charge < -0.3 is 9.47 Å². The summed E-state index contributed by atoms with van der Waals surface area (Å²) in [6.07, 6.45) is 1.57. The minimum atomic E-state index is -0.475. The van der Waals surface area contributed by atoms with Gasteiger partial charge in [-0.25, -0.2) is 4.39 Å². The summed E-state index contributed by atoms with van der Waals surface area (Å²) in [6, 6.07) is 19.4. The first-order valence-electron chi connectivity index (χ1n) is 9.51. The van der Waals surface area contributed by atoms with Gasteiger partial charge in [0.2, 0.25) is 0 Å². The molecule has 0 amide bonds. The molecule has 3 aromatic carbocycles. The van der Waals surface area contributed by atoms with Crippen molar-refractivity contribution in [1.82, 2.24) is 0 Å². The topological polar surface area (TPSA) is 85.4 Å². The lowest BCUT2D eigenvalue weighted by atomic mass is 10.0. The van der Waals surface area contributed by atoms with E-state index >= 15 is 0 Å². The third-order valence-corrected chi connectivity index (χ3v) is 4.38. The lowest BCUT2D eigenvalue weighted by Crippen LogP contribution is -2.00. The first-order chi connectivity index (χ1) is 15.0. The Morgan fingerprint density at radius 1 is 1.10 bits per heavy atom. The Balaban J connectivity index is 1.86. The van der Waals surface area contributed by atoms with E-state index in [1.807, 2.05) is 13.0 Å². The zero-order chi connectivity index (χ0) is 22.2. The normalized spacial score (nSPS) is 10.9. The number of rotatable bonds is 8. The minimum Gasteiger partial charge on any atom is -0.490 e. The standard InChI is InChI=1S/C24H19FN2O4/c1-2-30-24-14-17(12-19(15-26)21-8-3-4-9-22(21)25)10-11-23(24)31-16-18-6-5-7-20(13-18)27(28)29/h3-14H,2,16H2,1H3/b19-12-. The number of nitriles is 1. The SMILES string of the molecule is CCOc1cc(/C=C(/C#N)c2ccccc2F)ccc1OCc1cccc([N+](=O)[O-])c1. The molecule has 0 fully saturated rings. The van der Waals surface area contributed by atoms with E-state index in [4.69, 9.17) is 9.47 Å². The summed E-state index contributed by atoms with van der Waals surface area (Å²) in [5, 5.41) is 20.4. The molecule has 0 N–H and O–H groups in total. The van der Waals surface area contributed by atoms with Crippen molar-refractivity contribution in [3.05, 3.63) is 99.4 Å². The largest absolute Gasteiger partial charge is 0.490 e. The fraction of sp³-hybridized carbons (Fsp3) is 0.125. The molecular formula is C24H19FN2O4. The smallest absolute Gasteiger partial charge is 0.269 e. The van der Waals surface area contributed by atoms with Gasteiger partial charge in [0, 0.05) is 17.7 Å². The summed E-state index contributed by atoms with van der Waals surface area (Å²) >= 11 is 0. The Morgan fingerprint density at radius 2 is 1.90 bits per heavy atom. The van der Waals surface area contributed by atoms with Crippen LogP contribution in [0.2, 0.25) is 0 Å². The van der Waals surface area contributed by atoms with Crippen LogP contribution in [-0.4, -0.2) is 11.5 Å². The third-order valence-electron chi connectivity index (χ3n) is 4.38. The van der Waals surface area contributed by atoms with Gasteiger partial charge in [0.1, 0.15) is 12.4 Å². The van der Waals surface area contributed by atoms with Crippen LogP contribution in [0.15, 0.2) is 66.7 Å². The highest BCUT2D eigenvalue weighted by molar-refractivity contribution is 5.90. The first-order valence-corrected chi connectivity index (χ1v) is 9.51. The van der Waals surface area contributed by atoms with Crippen LogP contribution in [0.5, 0.6) is 11.5 Å². The molecule has 0 radical (unpaired) electrons. The molecule has 3 rings (SSSR count). The van der Waals surface area contributed by atoms with Crippen molar-refractivity contribution in [2.75, 3.05) is 6.61 Å². The molecule has 0 unspecified atom stereocenters. The molecule has 0 aliphatic heterocycles. The molecule has 0 bridgehead atoms. The van der Waals surface area contributed by atoms with E-state index in [0.717, 1.165) is 0 Å². The maximum absolute atomic E-state index is 14.1. The number of hydrogen-bond donors (Lipinski definition) is 0. The number of nitro benzene ring substituents is 1. The molecular weight excluding hydrogens is 399 g/mol. The van der Waals surface area contributed by atoms with E-state index in [-0.39, 0.29) is 23.4 Å². The van der Waals surface area contributed by atoms with Gasteiger partial charge in [-0.3, -0.25) is 10.1 Å². The molecule has 156 valence electrons. The van der Waals surface area contributed by atoms with Crippen molar-refractivity contribution in [2.45, 2.75) is 13.5 Å². The number of non-ortho nitro benzene ring substituents is 1. The number of hydrogen-bond acceptors (Lipinski definition) is 5. The Kier molecular flexibility index (Phi) is 6.97. The number of allylic oxidation sites excluding steroid dienone is 1. The molecule has 0 atom stereocenters. The number of nitro groups is 1. The summed E-state index contributed by atoms with van der Waals surface area (Å²) in [5.74, 6) is 0.430. The maximum atomic E-state index is 14.1. The molecule has 0 aliphatic carbocycles. The van der Waals surface area contributed by atoms with Crippen molar-refractivity contribution in [2.24, 2.45) is 0 Å². The molecule has 7 heteroatoms. The van der Waals surface area contributed by atoms with Crippen molar-refractivity contribution >= 4 is 17.3 Å². The molecule has 6 nitrogen and oxygen atoms in total. The van der Waals surface area contributed by atoms with Gasteiger partial charge in [-0.05, 0) is 42.3 Å². The highest BCUT2D eigenvalue weighted by Gasteiger charge is 2.11. The molecule has 0 spiro atoms. The van der Waals surface area contributed by atoms with Crippen LogP contribution in [0.4, 0.5) is 10.1 Å². The number of ether oxygens (including phenoxy) is 2. The lowest BCUT2D eigenvalue weighted by Gasteiger charge is -2.13. The van der Waals surface area contributed by atoms with Crippen LogP contribution in [0.25, 0.3) is 11.6 Å². The highest BCUT2D eigenvalue weighted by Crippen LogP contribution is 2.31. The molecule has 0 saturated heterocycles. The third kappa shape index (κ3) is 5.46. The van der Waals surface area contributed by atoms with E-state index in [1.54, 1.807) is 54.6 Å².